The summed E-state index contributed by atoms with van der Waals surface area (Å²) in [6.07, 6.45) is 8.87. The van der Waals surface area contributed by atoms with Gasteiger partial charge in [-0.1, -0.05) is 37.3 Å². The van der Waals surface area contributed by atoms with Crippen LogP contribution in [0.4, 0.5) is 0 Å². The minimum Gasteiger partial charge on any atom is -0.390 e. The Morgan fingerprint density at radius 2 is 2.14 bits per heavy atom. The molecule has 0 bridgehead atoms. The second kappa shape index (κ2) is 6.66. The number of aliphatic hydroxyl groups is 1. The Balaban J connectivity index is 1.77. The highest BCUT2D eigenvalue weighted by Gasteiger charge is 2.19. The molecule has 0 saturated heterocycles. The maximum absolute atomic E-state index is 9.49. The number of aliphatic hydroxyl groups excluding tert-OH is 1. The van der Waals surface area contributed by atoms with Crippen LogP contribution in [0.5, 0.6) is 0 Å². The lowest BCUT2D eigenvalue weighted by Crippen LogP contribution is -2.10. The summed E-state index contributed by atoms with van der Waals surface area (Å²) in [7, 11) is 0. The van der Waals surface area contributed by atoms with Gasteiger partial charge in [-0.3, -0.25) is 0 Å². The van der Waals surface area contributed by atoms with Gasteiger partial charge in [-0.2, -0.15) is 4.68 Å². The van der Waals surface area contributed by atoms with E-state index in [1.807, 2.05) is 17.0 Å². The fourth-order valence-corrected chi connectivity index (χ4v) is 3.89. The summed E-state index contributed by atoms with van der Waals surface area (Å²) in [5, 5.41) is 20.7. The topological polar surface area (TPSA) is 63.8 Å². The van der Waals surface area contributed by atoms with E-state index in [-0.39, 0.29) is 6.61 Å². The lowest BCUT2D eigenvalue weighted by Gasteiger charge is -2.21. The van der Waals surface area contributed by atoms with Gasteiger partial charge in [0.25, 0.3) is 0 Å². The lowest BCUT2D eigenvalue weighted by molar-refractivity contribution is 0.274. The van der Waals surface area contributed by atoms with Crippen LogP contribution in [-0.2, 0) is 13.0 Å². The molecule has 0 amide bonds. The van der Waals surface area contributed by atoms with Gasteiger partial charge in [0.15, 0.2) is 0 Å². The molecule has 0 aromatic carbocycles. The normalized spacial score (nSPS) is 16.5. The quantitative estimate of drug-likeness (QED) is 0.922. The number of rotatable bonds is 5. The Bertz CT molecular complexity index is 586. The number of thiazole rings is 1. The zero-order valence-electron chi connectivity index (χ0n) is 12.5. The summed E-state index contributed by atoms with van der Waals surface area (Å²) in [6, 6.07) is 0. The molecule has 6 heteroatoms. The molecular weight excluding hydrogens is 284 g/mol. The number of nitrogens with zero attached hydrogens (tertiary/aromatic N) is 4. The molecule has 0 atom stereocenters. The highest BCUT2D eigenvalue weighted by atomic mass is 32.1. The van der Waals surface area contributed by atoms with Crippen molar-refractivity contribution in [2.24, 2.45) is 5.92 Å². The third-order valence-electron chi connectivity index (χ3n) is 4.30. The van der Waals surface area contributed by atoms with Gasteiger partial charge in [0, 0.05) is 5.38 Å². The van der Waals surface area contributed by atoms with Crippen LogP contribution in [0.25, 0.3) is 5.13 Å². The van der Waals surface area contributed by atoms with E-state index in [4.69, 9.17) is 0 Å². The molecular formula is C15H22N4OS. The molecule has 1 aliphatic rings. The van der Waals surface area contributed by atoms with Crippen molar-refractivity contribution in [3.63, 3.8) is 0 Å². The molecule has 1 fully saturated rings. The van der Waals surface area contributed by atoms with Crippen LogP contribution < -0.4 is 0 Å². The molecule has 0 radical (unpaired) electrons. The van der Waals surface area contributed by atoms with Gasteiger partial charge in [-0.25, -0.2) is 4.98 Å². The summed E-state index contributed by atoms with van der Waals surface area (Å²) in [6.45, 7) is 1.93. The average molecular weight is 306 g/mol. The van der Waals surface area contributed by atoms with E-state index in [2.05, 4.69) is 15.3 Å². The van der Waals surface area contributed by atoms with E-state index in [1.165, 1.54) is 32.1 Å². The predicted octanol–water partition coefficient (Wildman–Crippen LogP) is 3.04. The van der Waals surface area contributed by atoms with Gasteiger partial charge in [-0.05, 0) is 25.7 Å². The highest BCUT2D eigenvalue weighted by molar-refractivity contribution is 7.12. The Kier molecular flexibility index (Phi) is 4.65. The Morgan fingerprint density at radius 1 is 1.33 bits per heavy atom. The molecule has 114 valence electrons. The summed E-state index contributed by atoms with van der Waals surface area (Å²) in [4.78, 5) is 4.48. The molecule has 1 N–H and O–H groups in total. The SMILES string of the molecule is Cc1csc(-n2nnc(CO)c2CCC2CCCCC2)n1. The fourth-order valence-electron chi connectivity index (χ4n) is 3.11. The number of hydrogen-bond donors (Lipinski definition) is 1. The van der Waals surface area contributed by atoms with Crippen LogP contribution in [0.1, 0.15) is 55.6 Å². The minimum absolute atomic E-state index is 0.0512. The Labute approximate surface area is 129 Å². The van der Waals surface area contributed by atoms with Crippen molar-refractivity contribution < 1.29 is 5.11 Å². The molecule has 2 heterocycles. The largest absolute Gasteiger partial charge is 0.390 e. The first-order valence-electron chi connectivity index (χ1n) is 7.74. The van der Waals surface area contributed by atoms with Crippen LogP contribution >= 0.6 is 11.3 Å². The zero-order chi connectivity index (χ0) is 14.7. The van der Waals surface area contributed by atoms with Crippen LogP contribution in [0.2, 0.25) is 0 Å². The number of hydrogen-bond acceptors (Lipinski definition) is 5. The zero-order valence-corrected chi connectivity index (χ0v) is 13.3. The highest BCUT2D eigenvalue weighted by Crippen LogP contribution is 2.28. The third kappa shape index (κ3) is 3.32. The standard InChI is InChI=1S/C15H22N4OS/c1-11-10-21-15(16-11)19-14(13(9-20)17-18-19)8-7-12-5-3-2-4-6-12/h10,12,20H,2-9H2,1H3. The maximum atomic E-state index is 9.49. The third-order valence-corrected chi connectivity index (χ3v) is 5.23. The van der Waals surface area contributed by atoms with Gasteiger partial charge < -0.3 is 5.11 Å². The van der Waals surface area contributed by atoms with Gasteiger partial charge in [0.1, 0.15) is 5.69 Å². The van der Waals surface area contributed by atoms with E-state index in [1.54, 1.807) is 11.3 Å². The number of aromatic nitrogens is 4. The molecule has 0 unspecified atom stereocenters. The minimum atomic E-state index is -0.0512. The van der Waals surface area contributed by atoms with Crippen molar-refractivity contribution in [3.8, 4) is 5.13 Å². The van der Waals surface area contributed by atoms with Gasteiger partial charge in [0.05, 0.1) is 18.0 Å². The van der Waals surface area contributed by atoms with E-state index in [0.29, 0.717) is 5.69 Å². The average Bonchev–Trinajstić information content (AvgIpc) is 3.11. The van der Waals surface area contributed by atoms with Crippen molar-refractivity contribution in [2.45, 2.75) is 58.5 Å². The van der Waals surface area contributed by atoms with E-state index in [0.717, 1.165) is 35.3 Å². The monoisotopic (exact) mass is 306 g/mol. The van der Waals surface area contributed by atoms with Crippen molar-refractivity contribution in [3.05, 3.63) is 22.5 Å². The smallest absolute Gasteiger partial charge is 0.212 e. The Hall–Kier alpha value is -1.27. The molecule has 0 aliphatic heterocycles. The second-order valence-corrected chi connectivity index (χ2v) is 6.70. The van der Waals surface area contributed by atoms with Gasteiger partial charge >= 0.3 is 0 Å². The van der Waals surface area contributed by atoms with Crippen molar-refractivity contribution >= 4 is 11.3 Å². The summed E-state index contributed by atoms with van der Waals surface area (Å²) >= 11 is 1.57. The van der Waals surface area contributed by atoms with Gasteiger partial charge in [-0.15, -0.1) is 16.4 Å². The fraction of sp³-hybridized carbons (Fsp3) is 0.667. The van der Waals surface area contributed by atoms with Crippen LogP contribution in [0.3, 0.4) is 0 Å². The first-order chi connectivity index (χ1) is 10.3. The lowest BCUT2D eigenvalue weighted by atomic mass is 9.85. The first-order valence-corrected chi connectivity index (χ1v) is 8.62. The molecule has 2 aromatic rings. The van der Waals surface area contributed by atoms with E-state index in [9.17, 15) is 5.11 Å². The van der Waals surface area contributed by atoms with Crippen LogP contribution in [-0.4, -0.2) is 25.1 Å². The molecule has 5 nitrogen and oxygen atoms in total. The molecule has 0 spiro atoms. The molecule has 2 aromatic heterocycles. The predicted molar refractivity (Wildman–Crippen MR) is 82.6 cm³/mol. The molecule has 3 rings (SSSR count). The first kappa shape index (κ1) is 14.7. The van der Waals surface area contributed by atoms with Crippen molar-refractivity contribution in [2.75, 3.05) is 0 Å². The van der Waals surface area contributed by atoms with E-state index < -0.39 is 0 Å². The van der Waals surface area contributed by atoms with Crippen molar-refractivity contribution in [1.82, 2.24) is 20.0 Å². The molecule has 1 aliphatic carbocycles. The summed E-state index contributed by atoms with van der Waals surface area (Å²) in [5.41, 5.74) is 2.71. The Morgan fingerprint density at radius 3 is 2.81 bits per heavy atom. The van der Waals surface area contributed by atoms with Crippen molar-refractivity contribution in [1.29, 1.82) is 0 Å². The molecule has 1 saturated carbocycles. The summed E-state index contributed by atoms with van der Waals surface area (Å²) in [5.74, 6) is 0.812. The molecule has 21 heavy (non-hydrogen) atoms. The summed E-state index contributed by atoms with van der Waals surface area (Å²) < 4.78 is 1.81. The van der Waals surface area contributed by atoms with E-state index >= 15 is 0 Å². The number of aryl methyl sites for hydroxylation is 1. The van der Waals surface area contributed by atoms with Crippen LogP contribution in [0.15, 0.2) is 5.38 Å². The maximum Gasteiger partial charge on any atom is 0.212 e. The van der Waals surface area contributed by atoms with Crippen LogP contribution in [0, 0.1) is 12.8 Å². The van der Waals surface area contributed by atoms with Gasteiger partial charge in [0.2, 0.25) is 5.13 Å². The second-order valence-electron chi connectivity index (χ2n) is 5.87.